The number of aromatic amines is 1. The van der Waals surface area contributed by atoms with E-state index in [1.54, 1.807) is 6.33 Å². The quantitative estimate of drug-likeness (QED) is 0.612. The molecule has 4 rings (SSSR count). The van der Waals surface area contributed by atoms with Crippen LogP contribution in [0.25, 0.3) is 21.6 Å². The van der Waals surface area contributed by atoms with Gasteiger partial charge in [-0.3, -0.25) is 0 Å². The van der Waals surface area contributed by atoms with Crippen LogP contribution in [0.4, 0.5) is 0 Å². The fraction of sp³-hybridized carbons (Fsp3) is 0.0588. The zero-order chi connectivity index (χ0) is 14.1. The van der Waals surface area contributed by atoms with Gasteiger partial charge in [-0.2, -0.15) is 0 Å². The summed E-state index contributed by atoms with van der Waals surface area (Å²) in [6.07, 6.45) is 4.49. The molecular weight excluding hydrogens is 278 g/mol. The van der Waals surface area contributed by atoms with Crippen LogP contribution < -0.4 is 0 Å². The van der Waals surface area contributed by atoms with Gasteiger partial charge in [-0.1, -0.05) is 30.3 Å². The molecule has 0 saturated carbocycles. The third-order valence-corrected chi connectivity index (χ3v) is 4.59. The molecule has 0 aliphatic heterocycles. The molecule has 3 heterocycles. The number of thiophene rings is 1. The van der Waals surface area contributed by atoms with Crippen LogP contribution in [0.2, 0.25) is 0 Å². The van der Waals surface area contributed by atoms with E-state index in [2.05, 4.69) is 57.4 Å². The SMILES string of the molecule is c1ccc(Cc2ccc(-c3ccnc4[nH]cnc34)s2)cc1. The summed E-state index contributed by atoms with van der Waals surface area (Å²) < 4.78 is 0. The van der Waals surface area contributed by atoms with Gasteiger partial charge in [0.05, 0.1) is 6.33 Å². The predicted molar refractivity (Wildman–Crippen MR) is 86.4 cm³/mol. The van der Waals surface area contributed by atoms with Gasteiger partial charge in [-0.05, 0) is 23.8 Å². The Morgan fingerprint density at radius 3 is 2.76 bits per heavy atom. The normalized spacial score (nSPS) is 11.0. The summed E-state index contributed by atoms with van der Waals surface area (Å²) in [6.45, 7) is 0. The van der Waals surface area contributed by atoms with Crippen LogP contribution >= 0.6 is 11.3 Å². The maximum Gasteiger partial charge on any atom is 0.157 e. The van der Waals surface area contributed by atoms with Gasteiger partial charge in [0, 0.05) is 27.9 Å². The summed E-state index contributed by atoms with van der Waals surface area (Å²) in [5, 5.41) is 0. The van der Waals surface area contributed by atoms with Crippen molar-refractivity contribution in [3.63, 3.8) is 0 Å². The fourth-order valence-electron chi connectivity index (χ4n) is 2.46. The monoisotopic (exact) mass is 291 g/mol. The Morgan fingerprint density at radius 2 is 1.86 bits per heavy atom. The zero-order valence-corrected chi connectivity index (χ0v) is 12.1. The van der Waals surface area contributed by atoms with Crippen molar-refractivity contribution in [2.24, 2.45) is 0 Å². The molecule has 0 atom stereocenters. The van der Waals surface area contributed by atoms with E-state index in [4.69, 9.17) is 0 Å². The highest BCUT2D eigenvalue weighted by atomic mass is 32.1. The molecule has 0 bridgehead atoms. The Morgan fingerprint density at radius 1 is 0.952 bits per heavy atom. The van der Waals surface area contributed by atoms with Crippen molar-refractivity contribution < 1.29 is 0 Å². The molecule has 21 heavy (non-hydrogen) atoms. The second kappa shape index (κ2) is 5.14. The lowest BCUT2D eigenvalue weighted by molar-refractivity contribution is 1.24. The molecule has 0 amide bonds. The summed E-state index contributed by atoms with van der Waals surface area (Å²) in [6, 6.07) is 16.9. The first-order valence-electron chi connectivity index (χ1n) is 6.81. The first-order chi connectivity index (χ1) is 10.4. The van der Waals surface area contributed by atoms with Crippen LogP contribution in [0.15, 0.2) is 61.1 Å². The van der Waals surface area contributed by atoms with E-state index in [1.807, 2.05) is 23.6 Å². The number of imidazole rings is 1. The van der Waals surface area contributed by atoms with Gasteiger partial charge in [0.15, 0.2) is 5.65 Å². The molecule has 1 aromatic carbocycles. The minimum atomic E-state index is 0.838. The number of hydrogen-bond acceptors (Lipinski definition) is 3. The third-order valence-electron chi connectivity index (χ3n) is 3.47. The van der Waals surface area contributed by atoms with Gasteiger partial charge in [0.2, 0.25) is 0 Å². The van der Waals surface area contributed by atoms with Gasteiger partial charge >= 0.3 is 0 Å². The molecule has 3 nitrogen and oxygen atoms in total. The second-order valence-electron chi connectivity index (χ2n) is 4.89. The second-order valence-corrected chi connectivity index (χ2v) is 6.05. The first kappa shape index (κ1) is 12.3. The number of H-pyrrole nitrogens is 1. The highest BCUT2D eigenvalue weighted by Crippen LogP contribution is 2.32. The minimum absolute atomic E-state index is 0.838. The maximum atomic E-state index is 4.38. The first-order valence-corrected chi connectivity index (χ1v) is 7.63. The number of rotatable bonds is 3. The van der Waals surface area contributed by atoms with Crippen molar-refractivity contribution >= 4 is 22.5 Å². The van der Waals surface area contributed by atoms with Gasteiger partial charge in [0.1, 0.15) is 5.52 Å². The van der Waals surface area contributed by atoms with Gasteiger partial charge in [0.25, 0.3) is 0 Å². The smallest absolute Gasteiger partial charge is 0.157 e. The van der Waals surface area contributed by atoms with Crippen molar-refractivity contribution in [2.45, 2.75) is 6.42 Å². The number of fused-ring (bicyclic) bond motifs is 1. The lowest BCUT2D eigenvalue weighted by Crippen LogP contribution is -1.82. The zero-order valence-electron chi connectivity index (χ0n) is 11.3. The molecule has 0 spiro atoms. The van der Waals surface area contributed by atoms with Crippen LogP contribution in [0.1, 0.15) is 10.4 Å². The van der Waals surface area contributed by atoms with E-state index in [0.29, 0.717) is 0 Å². The molecule has 1 N–H and O–H groups in total. The standard InChI is InChI=1S/C17H13N3S/c1-2-4-12(5-3-1)10-13-6-7-15(21-13)14-8-9-18-17-16(14)19-11-20-17/h1-9,11H,10H2,(H,18,19,20). The van der Waals surface area contributed by atoms with Gasteiger partial charge in [-0.15, -0.1) is 11.3 Å². The van der Waals surface area contributed by atoms with E-state index in [9.17, 15) is 0 Å². The van der Waals surface area contributed by atoms with Crippen LogP contribution in [-0.4, -0.2) is 15.0 Å². The third kappa shape index (κ3) is 2.34. The number of nitrogens with one attached hydrogen (secondary N) is 1. The average molecular weight is 291 g/mol. The van der Waals surface area contributed by atoms with E-state index >= 15 is 0 Å². The molecule has 0 fully saturated rings. The fourth-order valence-corrected chi connectivity index (χ4v) is 3.53. The van der Waals surface area contributed by atoms with E-state index in [0.717, 1.165) is 23.1 Å². The van der Waals surface area contributed by atoms with Crippen molar-refractivity contribution in [3.8, 4) is 10.4 Å². The number of pyridine rings is 1. The Kier molecular flexibility index (Phi) is 3.01. The summed E-state index contributed by atoms with van der Waals surface area (Å²) in [5.74, 6) is 0. The summed E-state index contributed by atoms with van der Waals surface area (Å²) >= 11 is 1.82. The molecule has 0 saturated heterocycles. The molecule has 0 aliphatic carbocycles. The minimum Gasteiger partial charge on any atom is -0.329 e. The Bertz CT molecular complexity index is 877. The molecular formula is C17H13N3S. The highest BCUT2D eigenvalue weighted by Gasteiger charge is 2.09. The van der Waals surface area contributed by atoms with Crippen LogP contribution in [0, 0.1) is 0 Å². The van der Waals surface area contributed by atoms with Crippen LogP contribution in [-0.2, 0) is 6.42 Å². The van der Waals surface area contributed by atoms with Crippen LogP contribution in [0.5, 0.6) is 0 Å². The Labute approximate surface area is 126 Å². The summed E-state index contributed by atoms with van der Waals surface area (Å²) in [4.78, 5) is 14.3. The van der Waals surface area contributed by atoms with E-state index in [-0.39, 0.29) is 0 Å². The lowest BCUT2D eigenvalue weighted by atomic mass is 10.1. The Balaban J connectivity index is 1.70. The number of benzene rings is 1. The number of aromatic nitrogens is 3. The number of hydrogen-bond donors (Lipinski definition) is 1. The lowest BCUT2D eigenvalue weighted by Gasteiger charge is -1.99. The molecule has 4 aromatic rings. The Hall–Kier alpha value is -2.46. The number of nitrogens with zero attached hydrogens (tertiary/aromatic N) is 2. The summed E-state index contributed by atoms with van der Waals surface area (Å²) in [7, 11) is 0. The van der Waals surface area contributed by atoms with Crippen molar-refractivity contribution in [2.75, 3.05) is 0 Å². The van der Waals surface area contributed by atoms with Crippen LogP contribution in [0.3, 0.4) is 0 Å². The van der Waals surface area contributed by atoms with E-state index < -0.39 is 0 Å². The average Bonchev–Trinajstić information content (AvgIpc) is 3.16. The molecule has 3 aromatic heterocycles. The molecule has 0 unspecified atom stereocenters. The van der Waals surface area contributed by atoms with Crippen molar-refractivity contribution in [1.29, 1.82) is 0 Å². The van der Waals surface area contributed by atoms with Crippen molar-refractivity contribution in [1.82, 2.24) is 15.0 Å². The predicted octanol–water partition coefficient (Wildman–Crippen LogP) is 4.28. The molecule has 4 heteroatoms. The molecule has 0 radical (unpaired) electrons. The van der Waals surface area contributed by atoms with Crippen molar-refractivity contribution in [3.05, 3.63) is 71.5 Å². The molecule has 102 valence electrons. The summed E-state index contributed by atoms with van der Waals surface area (Å²) in [5.41, 5.74) is 4.26. The topological polar surface area (TPSA) is 41.6 Å². The van der Waals surface area contributed by atoms with E-state index in [1.165, 1.54) is 15.3 Å². The van der Waals surface area contributed by atoms with Gasteiger partial charge < -0.3 is 4.98 Å². The largest absolute Gasteiger partial charge is 0.329 e. The van der Waals surface area contributed by atoms with Gasteiger partial charge in [-0.25, -0.2) is 9.97 Å². The molecule has 0 aliphatic rings. The highest BCUT2D eigenvalue weighted by molar-refractivity contribution is 7.15. The maximum absolute atomic E-state index is 4.38.